The van der Waals surface area contributed by atoms with Crippen LogP contribution in [0, 0.1) is 0 Å². The van der Waals surface area contributed by atoms with Gasteiger partial charge in [0.1, 0.15) is 5.60 Å². The first-order valence-corrected chi connectivity index (χ1v) is 10.9. The van der Waals surface area contributed by atoms with E-state index in [4.69, 9.17) is 18.8 Å². The normalized spacial score (nSPS) is 22.1. The van der Waals surface area contributed by atoms with Crippen molar-refractivity contribution in [2.24, 2.45) is 0 Å². The molecule has 1 fully saturated rings. The zero-order valence-electron chi connectivity index (χ0n) is 19.9. The molecule has 0 spiro atoms. The lowest BCUT2D eigenvalue weighted by molar-refractivity contribution is -0.150. The summed E-state index contributed by atoms with van der Waals surface area (Å²) >= 11 is 0. The lowest BCUT2D eigenvalue weighted by Crippen LogP contribution is -2.47. The zero-order chi connectivity index (χ0) is 23.2. The second-order valence-corrected chi connectivity index (χ2v) is 10.1. The Morgan fingerprint density at radius 1 is 1.16 bits per heavy atom. The molecule has 2 heterocycles. The average molecular weight is 431 g/mol. The molecule has 0 bridgehead atoms. The van der Waals surface area contributed by atoms with Gasteiger partial charge in [0.25, 0.3) is 0 Å². The number of esters is 1. The summed E-state index contributed by atoms with van der Waals surface area (Å²) < 4.78 is 23.2. The van der Waals surface area contributed by atoms with Gasteiger partial charge in [-0.25, -0.2) is 9.59 Å². The SMILES string of the molecule is CCOC(=O)C1c2ccc(B3OC(C)(C)C(C)(C)O3)cc2CCN1C(=O)OC(C)(C)C. The maximum absolute atomic E-state index is 12.8. The van der Waals surface area contributed by atoms with Gasteiger partial charge in [0.05, 0.1) is 17.8 Å². The fraction of sp³-hybridized carbons (Fsp3) is 0.652. The number of amides is 1. The highest BCUT2D eigenvalue weighted by molar-refractivity contribution is 6.62. The minimum absolute atomic E-state index is 0.235. The van der Waals surface area contributed by atoms with Gasteiger partial charge < -0.3 is 18.8 Å². The van der Waals surface area contributed by atoms with E-state index >= 15 is 0 Å². The summed E-state index contributed by atoms with van der Waals surface area (Å²) in [7, 11) is -0.486. The zero-order valence-corrected chi connectivity index (χ0v) is 19.9. The van der Waals surface area contributed by atoms with E-state index < -0.39 is 42.0 Å². The number of hydrogen-bond acceptors (Lipinski definition) is 6. The average Bonchev–Trinajstić information content (AvgIpc) is 2.86. The van der Waals surface area contributed by atoms with E-state index in [9.17, 15) is 9.59 Å². The Morgan fingerprint density at radius 2 is 1.77 bits per heavy atom. The molecule has 2 aliphatic rings. The van der Waals surface area contributed by atoms with Crippen molar-refractivity contribution in [3.8, 4) is 0 Å². The molecule has 0 saturated carbocycles. The molecule has 0 radical (unpaired) electrons. The van der Waals surface area contributed by atoms with E-state index in [0.29, 0.717) is 13.0 Å². The molecular formula is C23H34BNO6. The Hall–Kier alpha value is -2.06. The first kappa shape index (κ1) is 23.6. The van der Waals surface area contributed by atoms with E-state index in [-0.39, 0.29) is 6.61 Å². The maximum Gasteiger partial charge on any atom is 0.494 e. The van der Waals surface area contributed by atoms with Crippen LogP contribution in [0.3, 0.4) is 0 Å². The van der Waals surface area contributed by atoms with Crippen molar-refractivity contribution in [1.82, 2.24) is 4.90 Å². The van der Waals surface area contributed by atoms with Crippen molar-refractivity contribution in [2.45, 2.75) is 84.7 Å². The summed E-state index contributed by atoms with van der Waals surface area (Å²) in [5.41, 5.74) is 1.09. The molecule has 1 unspecified atom stereocenters. The second-order valence-electron chi connectivity index (χ2n) is 10.1. The third-order valence-electron chi connectivity index (χ3n) is 6.06. The van der Waals surface area contributed by atoms with Crippen LogP contribution in [0.5, 0.6) is 0 Å². The van der Waals surface area contributed by atoms with Gasteiger partial charge in [-0.15, -0.1) is 0 Å². The highest BCUT2D eigenvalue weighted by Crippen LogP contribution is 2.37. The van der Waals surface area contributed by atoms with Crippen LogP contribution in [0.15, 0.2) is 18.2 Å². The molecule has 2 aliphatic heterocycles. The molecule has 0 aliphatic carbocycles. The fourth-order valence-electron chi connectivity index (χ4n) is 3.77. The van der Waals surface area contributed by atoms with Crippen LogP contribution in [0.2, 0.25) is 0 Å². The van der Waals surface area contributed by atoms with E-state index in [1.807, 2.05) is 45.9 Å². The molecule has 7 nitrogen and oxygen atoms in total. The summed E-state index contributed by atoms with van der Waals surface area (Å²) in [6.07, 6.45) is 0.0731. The Kier molecular flexibility index (Phi) is 6.19. The Labute approximate surface area is 185 Å². The molecule has 1 aromatic carbocycles. The van der Waals surface area contributed by atoms with Crippen LogP contribution >= 0.6 is 0 Å². The highest BCUT2D eigenvalue weighted by atomic mass is 16.7. The monoisotopic (exact) mass is 431 g/mol. The first-order chi connectivity index (χ1) is 14.3. The molecule has 170 valence electrons. The van der Waals surface area contributed by atoms with E-state index in [1.54, 1.807) is 27.7 Å². The third kappa shape index (κ3) is 4.75. The number of ether oxygens (including phenoxy) is 2. The largest absolute Gasteiger partial charge is 0.494 e. The van der Waals surface area contributed by atoms with E-state index in [1.165, 1.54) is 4.90 Å². The molecule has 1 aromatic rings. The smallest absolute Gasteiger partial charge is 0.464 e. The minimum atomic E-state index is -0.842. The van der Waals surface area contributed by atoms with Gasteiger partial charge in [-0.1, -0.05) is 18.2 Å². The number of rotatable bonds is 3. The number of hydrogen-bond donors (Lipinski definition) is 0. The van der Waals surface area contributed by atoms with Crippen molar-refractivity contribution in [1.29, 1.82) is 0 Å². The van der Waals surface area contributed by atoms with Gasteiger partial charge in [0.15, 0.2) is 6.04 Å². The molecule has 1 amide bonds. The maximum atomic E-state index is 12.8. The van der Waals surface area contributed by atoms with Crippen LogP contribution in [0.1, 0.15) is 72.6 Å². The lowest BCUT2D eigenvalue weighted by atomic mass is 9.76. The fourth-order valence-corrected chi connectivity index (χ4v) is 3.77. The Morgan fingerprint density at radius 3 is 2.32 bits per heavy atom. The summed E-state index contributed by atoms with van der Waals surface area (Å²) in [6.45, 7) is 15.8. The predicted molar refractivity (Wildman–Crippen MR) is 118 cm³/mol. The summed E-state index contributed by atoms with van der Waals surface area (Å²) in [5, 5.41) is 0. The van der Waals surface area contributed by atoms with Crippen LogP contribution in [0.4, 0.5) is 4.79 Å². The topological polar surface area (TPSA) is 74.3 Å². The second kappa shape index (κ2) is 8.13. The molecule has 0 aromatic heterocycles. The summed E-state index contributed by atoms with van der Waals surface area (Å²) in [6, 6.07) is 4.93. The van der Waals surface area contributed by atoms with Gasteiger partial charge in [-0.2, -0.15) is 0 Å². The van der Waals surface area contributed by atoms with Crippen molar-refractivity contribution in [3.05, 3.63) is 29.3 Å². The summed E-state index contributed by atoms with van der Waals surface area (Å²) in [5.74, 6) is -0.460. The summed E-state index contributed by atoms with van der Waals surface area (Å²) in [4.78, 5) is 27.1. The van der Waals surface area contributed by atoms with Gasteiger partial charge >= 0.3 is 19.2 Å². The number of carbonyl (C=O) groups excluding carboxylic acids is 2. The number of carbonyl (C=O) groups is 2. The molecule has 31 heavy (non-hydrogen) atoms. The van der Waals surface area contributed by atoms with Crippen molar-refractivity contribution < 1.29 is 28.4 Å². The van der Waals surface area contributed by atoms with Crippen LogP contribution in [-0.2, 0) is 30.0 Å². The quantitative estimate of drug-likeness (QED) is 0.540. The van der Waals surface area contributed by atoms with Crippen LogP contribution < -0.4 is 5.46 Å². The van der Waals surface area contributed by atoms with Crippen LogP contribution in [-0.4, -0.2) is 54.0 Å². The minimum Gasteiger partial charge on any atom is -0.464 e. The lowest BCUT2D eigenvalue weighted by Gasteiger charge is -2.36. The molecule has 3 rings (SSSR count). The molecule has 1 atom stereocenters. The van der Waals surface area contributed by atoms with E-state index in [2.05, 4.69) is 0 Å². The van der Waals surface area contributed by atoms with Gasteiger partial charge in [0, 0.05) is 6.54 Å². The van der Waals surface area contributed by atoms with Crippen molar-refractivity contribution in [3.63, 3.8) is 0 Å². The predicted octanol–water partition coefficient (Wildman–Crippen LogP) is 3.38. The third-order valence-corrected chi connectivity index (χ3v) is 6.06. The number of nitrogens with zero attached hydrogens (tertiary/aromatic N) is 1. The first-order valence-electron chi connectivity index (χ1n) is 10.9. The van der Waals surface area contributed by atoms with Gasteiger partial charge in [-0.3, -0.25) is 4.90 Å². The number of benzene rings is 1. The van der Waals surface area contributed by atoms with Gasteiger partial charge in [-0.05, 0) is 78.4 Å². The highest BCUT2D eigenvalue weighted by Gasteiger charge is 2.52. The number of fused-ring (bicyclic) bond motifs is 1. The van der Waals surface area contributed by atoms with Gasteiger partial charge in [0.2, 0.25) is 0 Å². The standard InChI is InChI=1S/C23H34BNO6/c1-9-28-19(26)18-17-11-10-16(24-30-22(5,6)23(7,8)31-24)14-15(17)12-13-25(18)20(27)29-21(2,3)4/h10-11,14,18H,9,12-13H2,1-8H3. The molecule has 0 N–H and O–H groups in total. The van der Waals surface area contributed by atoms with E-state index in [0.717, 1.165) is 16.6 Å². The molecular weight excluding hydrogens is 397 g/mol. The van der Waals surface area contributed by atoms with Crippen LogP contribution in [0.25, 0.3) is 0 Å². The van der Waals surface area contributed by atoms with Crippen molar-refractivity contribution >= 4 is 24.6 Å². The van der Waals surface area contributed by atoms with Crippen molar-refractivity contribution in [2.75, 3.05) is 13.2 Å². The molecule has 8 heteroatoms. The molecule has 1 saturated heterocycles. The Bertz CT molecular complexity index is 844. The Balaban J connectivity index is 1.92.